The Morgan fingerprint density at radius 2 is 1.95 bits per heavy atom. The predicted octanol–water partition coefficient (Wildman–Crippen LogP) is 0.892. The van der Waals surface area contributed by atoms with Gasteiger partial charge in [0.05, 0.1) is 0 Å². The third-order valence-electron chi connectivity index (χ3n) is 3.11. The highest BCUT2D eigenvalue weighted by Crippen LogP contribution is 2.04. The molecule has 0 aliphatic rings. The standard InChI is InChI=1S/C14H19N4O/c1-3-13-16-17(14(4-2)18(13)15)10-12(19)11-8-6-5-7-9-11/h5-9H,3-4,10,15H2,1-2H3/q+1. The van der Waals surface area contributed by atoms with Crippen molar-refractivity contribution < 1.29 is 9.47 Å². The van der Waals surface area contributed by atoms with E-state index in [0.29, 0.717) is 5.56 Å². The topological polar surface area (TPSA) is 64.8 Å². The molecule has 2 N–H and O–H groups in total. The van der Waals surface area contributed by atoms with Gasteiger partial charge in [-0.05, 0) is 0 Å². The van der Waals surface area contributed by atoms with E-state index in [1.165, 1.54) is 0 Å². The van der Waals surface area contributed by atoms with E-state index in [-0.39, 0.29) is 12.3 Å². The van der Waals surface area contributed by atoms with Gasteiger partial charge in [0, 0.05) is 23.5 Å². The third kappa shape index (κ3) is 2.65. The number of aromatic nitrogens is 3. The summed E-state index contributed by atoms with van der Waals surface area (Å²) >= 11 is 0. The zero-order valence-corrected chi connectivity index (χ0v) is 11.3. The molecule has 5 nitrogen and oxygen atoms in total. The minimum absolute atomic E-state index is 0.0426. The number of benzene rings is 1. The van der Waals surface area contributed by atoms with Crippen LogP contribution >= 0.6 is 0 Å². The van der Waals surface area contributed by atoms with E-state index in [4.69, 9.17) is 5.84 Å². The van der Waals surface area contributed by atoms with E-state index in [0.717, 1.165) is 24.5 Å². The van der Waals surface area contributed by atoms with Gasteiger partial charge in [0.1, 0.15) is 0 Å². The number of hydrogen-bond acceptors (Lipinski definition) is 3. The number of carbonyl (C=O) groups excluding carboxylic acids is 1. The van der Waals surface area contributed by atoms with Crippen LogP contribution in [0.1, 0.15) is 35.9 Å². The molecule has 2 rings (SSSR count). The van der Waals surface area contributed by atoms with E-state index >= 15 is 0 Å². The molecule has 0 saturated heterocycles. The van der Waals surface area contributed by atoms with Gasteiger partial charge in [-0.3, -0.25) is 10.6 Å². The molecule has 0 aliphatic carbocycles. The normalized spacial score (nSPS) is 10.6. The van der Waals surface area contributed by atoms with E-state index in [1.54, 1.807) is 9.36 Å². The fraction of sp³-hybridized carbons (Fsp3) is 0.357. The first kappa shape index (κ1) is 13.3. The number of nitrogens with two attached hydrogens (primary N) is 1. The molecular formula is C14H19N4O+. The lowest BCUT2D eigenvalue weighted by molar-refractivity contribution is -0.655. The van der Waals surface area contributed by atoms with Crippen LogP contribution in [0.25, 0.3) is 0 Å². The van der Waals surface area contributed by atoms with Crippen molar-refractivity contribution in [3.8, 4) is 0 Å². The van der Waals surface area contributed by atoms with E-state index in [1.807, 2.05) is 44.2 Å². The van der Waals surface area contributed by atoms with Crippen molar-refractivity contribution in [1.82, 2.24) is 9.78 Å². The van der Waals surface area contributed by atoms with Gasteiger partial charge in [-0.25, -0.2) is 0 Å². The van der Waals surface area contributed by atoms with Crippen LogP contribution in [0.3, 0.4) is 0 Å². The monoisotopic (exact) mass is 259 g/mol. The number of aryl methyl sites for hydroxylation is 1. The Hall–Kier alpha value is -2.17. The molecule has 0 bridgehead atoms. The van der Waals surface area contributed by atoms with Crippen molar-refractivity contribution in [2.45, 2.75) is 33.2 Å². The fourth-order valence-corrected chi connectivity index (χ4v) is 2.09. The molecule has 19 heavy (non-hydrogen) atoms. The summed E-state index contributed by atoms with van der Waals surface area (Å²) < 4.78 is 3.28. The summed E-state index contributed by atoms with van der Waals surface area (Å²) in [5.41, 5.74) is 0.696. The molecule has 100 valence electrons. The SMILES string of the molecule is CCc1nn(CC(=O)c2ccccc2)c(CC)[n+]1N. The maximum atomic E-state index is 12.2. The summed E-state index contributed by atoms with van der Waals surface area (Å²) in [6.45, 7) is 4.22. The van der Waals surface area contributed by atoms with Gasteiger partial charge < -0.3 is 0 Å². The third-order valence-corrected chi connectivity index (χ3v) is 3.11. The summed E-state index contributed by atoms with van der Waals surface area (Å²) in [6.07, 6.45) is 1.49. The van der Waals surface area contributed by atoms with Gasteiger partial charge in [-0.1, -0.05) is 44.2 Å². The molecule has 1 heterocycles. The average molecular weight is 259 g/mol. The van der Waals surface area contributed by atoms with Crippen LogP contribution in [0.4, 0.5) is 0 Å². The maximum absolute atomic E-state index is 12.2. The Labute approximate surface area is 112 Å². The second kappa shape index (κ2) is 5.65. The molecule has 2 aromatic rings. The summed E-state index contributed by atoms with van der Waals surface area (Å²) in [4.78, 5) is 12.2. The molecular weight excluding hydrogens is 240 g/mol. The first-order chi connectivity index (χ1) is 9.17. The Morgan fingerprint density at radius 1 is 1.26 bits per heavy atom. The molecule has 0 unspecified atom stereocenters. The fourth-order valence-electron chi connectivity index (χ4n) is 2.09. The number of Topliss-reactive ketones (excluding diaryl/α,β-unsaturated/α-hetero) is 1. The lowest BCUT2D eigenvalue weighted by Gasteiger charge is -1.99. The summed E-state index contributed by atoms with van der Waals surface area (Å²) in [5.74, 6) is 7.66. The Kier molecular flexibility index (Phi) is 3.94. The molecule has 0 spiro atoms. The number of carbonyl (C=O) groups is 1. The lowest BCUT2D eigenvalue weighted by Crippen LogP contribution is -2.50. The average Bonchev–Trinajstić information content (AvgIpc) is 2.75. The Bertz CT molecular complexity index is 575. The molecule has 0 fully saturated rings. The van der Waals surface area contributed by atoms with Crippen molar-refractivity contribution in [3.05, 3.63) is 47.5 Å². The van der Waals surface area contributed by atoms with Crippen LogP contribution < -0.4 is 10.5 Å². The van der Waals surface area contributed by atoms with Gasteiger partial charge in [0.2, 0.25) is 0 Å². The van der Waals surface area contributed by atoms with Crippen LogP contribution in [0.15, 0.2) is 30.3 Å². The maximum Gasteiger partial charge on any atom is 0.298 e. The highest BCUT2D eigenvalue weighted by Gasteiger charge is 2.23. The minimum atomic E-state index is 0.0426. The Morgan fingerprint density at radius 3 is 2.53 bits per heavy atom. The van der Waals surface area contributed by atoms with Crippen LogP contribution in [0, 0.1) is 0 Å². The summed E-state index contributed by atoms with van der Waals surface area (Å²) in [6, 6.07) is 9.24. The van der Waals surface area contributed by atoms with Crippen molar-refractivity contribution in [2.75, 3.05) is 5.84 Å². The molecule has 0 saturated carbocycles. The van der Waals surface area contributed by atoms with Crippen molar-refractivity contribution in [2.24, 2.45) is 0 Å². The Balaban J connectivity index is 2.26. The molecule has 0 atom stereocenters. The van der Waals surface area contributed by atoms with Gasteiger partial charge in [-0.15, -0.1) is 9.36 Å². The number of nitrogen functional groups attached to an aromatic ring is 1. The number of hydrogen-bond donors (Lipinski definition) is 1. The molecule has 0 amide bonds. The summed E-state index contributed by atoms with van der Waals surface area (Å²) in [7, 11) is 0. The summed E-state index contributed by atoms with van der Waals surface area (Å²) in [5, 5.41) is 4.40. The van der Waals surface area contributed by atoms with Crippen LogP contribution in [-0.4, -0.2) is 15.6 Å². The number of nitrogens with zero attached hydrogens (tertiary/aromatic N) is 3. The molecule has 1 aromatic carbocycles. The van der Waals surface area contributed by atoms with Crippen LogP contribution in [0.5, 0.6) is 0 Å². The largest absolute Gasteiger partial charge is 0.298 e. The zero-order chi connectivity index (χ0) is 13.8. The minimum Gasteiger partial charge on any atom is -0.290 e. The number of ketones is 1. The smallest absolute Gasteiger partial charge is 0.290 e. The number of rotatable bonds is 5. The predicted molar refractivity (Wildman–Crippen MR) is 72.1 cm³/mol. The zero-order valence-electron chi connectivity index (χ0n) is 11.3. The van der Waals surface area contributed by atoms with Crippen molar-refractivity contribution in [1.29, 1.82) is 0 Å². The first-order valence-corrected chi connectivity index (χ1v) is 6.51. The van der Waals surface area contributed by atoms with E-state index < -0.39 is 0 Å². The molecule has 0 aliphatic heterocycles. The highest BCUT2D eigenvalue weighted by molar-refractivity contribution is 5.95. The van der Waals surface area contributed by atoms with Gasteiger partial charge in [0.25, 0.3) is 11.6 Å². The van der Waals surface area contributed by atoms with E-state index in [9.17, 15) is 4.79 Å². The van der Waals surface area contributed by atoms with Crippen LogP contribution in [-0.2, 0) is 19.4 Å². The quantitative estimate of drug-likeness (QED) is 0.493. The van der Waals surface area contributed by atoms with Gasteiger partial charge in [-0.2, -0.15) is 0 Å². The molecule has 1 aromatic heterocycles. The second-order valence-electron chi connectivity index (χ2n) is 4.36. The van der Waals surface area contributed by atoms with Crippen molar-refractivity contribution in [3.63, 3.8) is 0 Å². The highest BCUT2D eigenvalue weighted by atomic mass is 16.1. The molecule has 5 heteroatoms. The van der Waals surface area contributed by atoms with Gasteiger partial charge >= 0.3 is 0 Å². The first-order valence-electron chi connectivity index (χ1n) is 6.51. The van der Waals surface area contributed by atoms with E-state index in [2.05, 4.69) is 5.10 Å². The van der Waals surface area contributed by atoms with Crippen LogP contribution in [0.2, 0.25) is 0 Å². The second-order valence-corrected chi connectivity index (χ2v) is 4.36. The lowest BCUT2D eigenvalue weighted by atomic mass is 10.1. The van der Waals surface area contributed by atoms with Gasteiger partial charge in [0.15, 0.2) is 12.3 Å². The molecule has 0 radical (unpaired) electrons. The van der Waals surface area contributed by atoms with Crippen molar-refractivity contribution >= 4 is 5.78 Å².